The Morgan fingerprint density at radius 3 is 2.77 bits per heavy atom. The standard InChI is InChI=1S/C29H26F6N6O2S/c1-40(7-8-42)26-16-9-18(29(33,34)35)21(15-3-4-19(31)24-20(15)17(11-36)25(37)44-24)22(32)23(16)38-27(39-26)43-13-28-5-2-6-41(28)12-14(30)10-28/h3-4,9,14,42H,2,5-8,10,12-13,37H2,1H3. The molecule has 2 atom stereocenters. The molecule has 0 amide bonds. The zero-order chi connectivity index (χ0) is 31.6. The number of nitrogens with zero attached hydrogens (tertiary/aromatic N) is 5. The second-order valence-electron chi connectivity index (χ2n) is 11.1. The molecular formula is C29H26F6N6O2S. The van der Waals surface area contributed by atoms with Crippen LogP contribution in [0.4, 0.5) is 37.2 Å². The average molecular weight is 637 g/mol. The highest BCUT2D eigenvalue weighted by atomic mass is 32.1. The molecule has 2 fully saturated rings. The Kier molecular flexibility index (Phi) is 7.50. The van der Waals surface area contributed by atoms with E-state index in [-0.39, 0.29) is 76.2 Å². The Balaban J connectivity index is 1.59. The van der Waals surface area contributed by atoms with Crippen molar-refractivity contribution in [3.63, 3.8) is 0 Å². The number of anilines is 2. The van der Waals surface area contributed by atoms with Crippen LogP contribution in [0.25, 0.3) is 32.1 Å². The van der Waals surface area contributed by atoms with E-state index in [1.54, 1.807) is 6.07 Å². The fraction of sp³-hybridized carbons (Fsp3) is 0.414. The zero-order valence-corrected chi connectivity index (χ0v) is 24.1. The van der Waals surface area contributed by atoms with Gasteiger partial charge in [0.25, 0.3) is 0 Å². The van der Waals surface area contributed by atoms with Crippen LogP contribution in [0, 0.1) is 23.0 Å². The number of nitrogen functional groups attached to an aromatic ring is 1. The molecule has 0 aliphatic carbocycles. The third-order valence-electron chi connectivity index (χ3n) is 8.42. The number of nitriles is 1. The molecule has 4 heterocycles. The molecule has 0 bridgehead atoms. The SMILES string of the molecule is CN(CCO)c1nc(OCC23CCCN2CC(F)C3)nc2c(F)c(-c3ccc(F)c4sc(N)c(C#N)c34)c(C(F)(F)F)cc12. The smallest absolute Gasteiger partial charge is 0.417 e. The van der Waals surface area contributed by atoms with Gasteiger partial charge in [0.05, 0.1) is 28.0 Å². The first-order chi connectivity index (χ1) is 20.9. The number of benzene rings is 2. The molecule has 44 heavy (non-hydrogen) atoms. The van der Waals surface area contributed by atoms with Gasteiger partial charge >= 0.3 is 12.2 Å². The van der Waals surface area contributed by atoms with Crippen LogP contribution < -0.4 is 15.4 Å². The summed E-state index contributed by atoms with van der Waals surface area (Å²) in [4.78, 5) is 11.8. The van der Waals surface area contributed by atoms with Crippen LogP contribution in [0.3, 0.4) is 0 Å². The molecule has 0 saturated carbocycles. The van der Waals surface area contributed by atoms with Crippen molar-refractivity contribution in [2.75, 3.05) is 50.5 Å². The average Bonchev–Trinajstić information content (AvgIpc) is 3.61. The molecular weight excluding hydrogens is 610 g/mol. The van der Waals surface area contributed by atoms with Crippen LogP contribution in [-0.4, -0.2) is 71.6 Å². The van der Waals surface area contributed by atoms with Crippen molar-refractivity contribution in [1.82, 2.24) is 14.9 Å². The van der Waals surface area contributed by atoms with Gasteiger partial charge in [-0.1, -0.05) is 6.07 Å². The van der Waals surface area contributed by atoms with Gasteiger partial charge in [-0.25, -0.2) is 13.2 Å². The van der Waals surface area contributed by atoms with Crippen LogP contribution in [0.5, 0.6) is 6.01 Å². The third kappa shape index (κ3) is 4.85. The highest BCUT2D eigenvalue weighted by Gasteiger charge is 2.49. The summed E-state index contributed by atoms with van der Waals surface area (Å²) in [6.45, 7) is 0.486. The van der Waals surface area contributed by atoms with E-state index in [2.05, 4.69) is 9.97 Å². The van der Waals surface area contributed by atoms with E-state index in [0.717, 1.165) is 18.6 Å². The number of halogens is 6. The summed E-state index contributed by atoms with van der Waals surface area (Å²) in [5.41, 5.74) is 1.76. The van der Waals surface area contributed by atoms with Gasteiger partial charge in [-0.2, -0.15) is 28.4 Å². The minimum atomic E-state index is -5.10. The zero-order valence-electron chi connectivity index (χ0n) is 23.3. The maximum absolute atomic E-state index is 16.7. The Bertz CT molecular complexity index is 1820. The van der Waals surface area contributed by atoms with Crippen molar-refractivity contribution in [2.45, 2.75) is 37.1 Å². The monoisotopic (exact) mass is 636 g/mol. The third-order valence-corrected chi connectivity index (χ3v) is 9.45. The van der Waals surface area contributed by atoms with Crippen molar-refractivity contribution in [2.24, 2.45) is 0 Å². The number of hydrogen-bond donors (Lipinski definition) is 2. The van der Waals surface area contributed by atoms with Gasteiger partial charge in [-0.15, -0.1) is 11.3 Å². The molecule has 2 aromatic carbocycles. The minimum absolute atomic E-state index is 0.0184. The predicted molar refractivity (Wildman–Crippen MR) is 153 cm³/mol. The number of ether oxygens (including phenoxy) is 1. The maximum Gasteiger partial charge on any atom is 0.417 e. The molecule has 0 radical (unpaired) electrons. The molecule has 6 rings (SSSR count). The van der Waals surface area contributed by atoms with E-state index in [1.807, 2.05) is 4.90 Å². The van der Waals surface area contributed by atoms with Crippen LogP contribution in [0.15, 0.2) is 18.2 Å². The van der Waals surface area contributed by atoms with E-state index in [4.69, 9.17) is 10.5 Å². The van der Waals surface area contributed by atoms with E-state index in [0.29, 0.717) is 30.4 Å². The lowest BCUT2D eigenvalue weighted by molar-refractivity contribution is -0.137. The molecule has 0 spiro atoms. The van der Waals surface area contributed by atoms with Gasteiger partial charge in [0, 0.05) is 42.9 Å². The summed E-state index contributed by atoms with van der Waals surface area (Å²) in [5.74, 6) is -2.36. The van der Waals surface area contributed by atoms with Crippen LogP contribution in [0.1, 0.15) is 30.4 Å². The van der Waals surface area contributed by atoms with Gasteiger partial charge in [-0.3, -0.25) is 4.90 Å². The highest BCUT2D eigenvalue weighted by molar-refractivity contribution is 7.23. The van der Waals surface area contributed by atoms with E-state index < -0.39 is 46.2 Å². The maximum atomic E-state index is 16.7. The summed E-state index contributed by atoms with van der Waals surface area (Å²) >= 11 is 0.672. The molecule has 15 heteroatoms. The number of hydrogen-bond acceptors (Lipinski definition) is 9. The van der Waals surface area contributed by atoms with Crippen molar-refractivity contribution in [3.05, 3.63) is 41.0 Å². The molecule has 2 unspecified atom stereocenters. The normalized spacial score (nSPS) is 20.4. The quantitative estimate of drug-likeness (QED) is 0.251. The lowest BCUT2D eigenvalue weighted by atomic mass is 9.92. The van der Waals surface area contributed by atoms with Gasteiger partial charge in [0.2, 0.25) is 0 Å². The van der Waals surface area contributed by atoms with Crippen molar-refractivity contribution in [3.8, 4) is 23.2 Å². The Labute approximate surface area is 251 Å². The summed E-state index contributed by atoms with van der Waals surface area (Å²) in [6.07, 6.45) is -4.41. The highest BCUT2D eigenvalue weighted by Crippen LogP contribution is 2.48. The number of aliphatic hydroxyl groups excluding tert-OH is 1. The van der Waals surface area contributed by atoms with Crippen molar-refractivity contribution >= 4 is 43.1 Å². The number of aromatic nitrogens is 2. The van der Waals surface area contributed by atoms with Crippen LogP contribution in [0.2, 0.25) is 0 Å². The molecule has 8 nitrogen and oxygen atoms in total. The van der Waals surface area contributed by atoms with Crippen molar-refractivity contribution in [1.29, 1.82) is 5.26 Å². The summed E-state index contributed by atoms with van der Waals surface area (Å²) in [6, 6.07) is 4.01. The van der Waals surface area contributed by atoms with Gasteiger partial charge in [0.1, 0.15) is 41.0 Å². The molecule has 3 N–H and O–H groups in total. The molecule has 2 aromatic heterocycles. The van der Waals surface area contributed by atoms with Gasteiger partial charge in [0.15, 0.2) is 5.82 Å². The summed E-state index contributed by atoms with van der Waals surface area (Å²) in [7, 11) is 1.46. The first kappa shape index (κ1) is 30.2. The largest absolute Gasteiger partial charge is 0.461 e. The van der Waals surface area contributed by atoms with Crippen LogP contribution in [-0.2, 0) is 6.18 Å². The minimum Gasteiger partial charge on any atom is -0.461 e. The Morgan fingerprint density at radius 1 is 1.30 bits per heavy atom. The van der Waals surface area contributed by atoms with E-state index in [9.17, 15) is 32.3 Å². The number of alkyl halides is 4. The number of thiophene rings is 1. The molecule has 2 aliphatic heterocycles. The van der Waals surface area contributed by atoms with E-state index >= 15 is 4.39 Å². The van der Waals surface area contributed by atoms with Crippen LogP contribution >= 0.6 is 11.3 Å². The molecule has 2 saturated heterocycles. The lowest BCUT2D eigenvalue weighted by Gasteiger charge is -2.31. The number of likely N-dealkylation sites (N-methyl/N-ethyl adjacent to an activating group) is 1. The Morgan fingerprint density at radius 2 is 2.07 bits per heavy atom. The topological polar surface area (TPSA) is 112 Å². The second-order valence-corrected chi connectivity index (χ2v) is 12.2. The number of fused-ring (bicyclic) bond motifs is 3. The molecule has 4 aromatic rings. The fourth-order valence-corrected chi connectivity index (χ4v) is 7.39. The first-order valence-electron chi connectivity index (χ1n) is 13.7. The Hall–Kier alpha value is -3.87. The second kappa shape index (κ2) is 10.9. The fourth-order valence-electron chi connectivity index (χ4n) is 6.45. The van der Waals surface area contributed by atoms with Gasteiger partial charge < -0.3 is 20.5 Å². The van der Waals surface area contributed by atoms with Gasteiger partial charge in [-0.05, 0) is 37.1 Å². The summed E-state index contributed by atoms with van der Waals surface area (Å²) < 4.78 is 95.3. The first-order valence-corrected chi connectivity index (χ1v) is 14.6. The van der Waals surface area contributed by atoms with Crippen molar-refractivity contribution < 1.29 is 36.2 Å². The lowest BCUT2D eigenvalue weighted by Crippen LogP contribution is -2.43. The number of rotatable bonds is 7. The molecule has 232 valence electrons. The predicted octanol–water partition coefficient (Wildman–Crippen LogP) is 5.65. The summed E-state index contributed by atoms with van der Waals surface area (Å²) in [5, 5.41) is 18.6. The number of nitrogens with two attached hydrogens (primary N) is 1. The number of aliphatic hydroxyl groups is 1. The van der Waals surface area contributed by atoms with E-state index in [1.165, 1.54) is 11.9 Å². The molecule has 2 aliphatic rings.